The number of aryl methyl sites for hydroxylation is 2. The SMILES string of the molecule is O=C(CO)N1CCN(Cc2nc(CCc3ccccc3)no2)CC1. The zero-order valence-corrected chi connectivity index (χ0v) is 13.6. The Morgan fingerprint density at radius 3 is 2.58 bits per heavy atom. The van der Waals surface area contributed by atoms with E-state index in [1.807, 2.05) is 18.2 Å². The number of benzene rings is 1. The third kappa shape index (κ3) is 4.39. The van der Waals surface area contributed by atoms with E-state index >= 15 is 0 Å². The molecule has 1 saturated heterocycles. The molecule has 1 aromatic heterocycles. The quantitative estimate of drug-likeness (QED) is 0.830. The van der Waals surface area contributed by atoms with Crippen molar-refractivity contribution in [2.45, 2.75) is 19.4 Å². The van der Waals surface area contributed by atoms with Crippen LogP contribution in [0.4, 0.5) is 0 Å². The molecule has 0 unspecified atom stereocenters. The van der Waals surface area contributed by atoms with Crippen molar-refractivity contribution in [3.05, 3.63) is 47.6 Å². The first kappa shape index (κ1) is 16.6. The van der Waals surface area contributed by atoms with Crippen molar-refractivity contribution in [3.63, 3.8) is 0 Å². The Labute approximate surface area is 140 Å². The zero-order valence-electron chi connectivity index (χ0n) is 13.6. The second-order valence-corrected chi connectivity index (χ2v) is 5.90. The summed E-state index contributed by atoms with van der Waals surface area (Å²) >= 11 is 0. The van der Waals surface area contributed by atoms with E-state index in [1.54, 1.807) is 4.90 Å². The predicted molar refractivity (Wildman–Crippen MR) is 87.1 cm³/mol. The summed E-state index contributed by atoms with van der Waals surface area (Å²) < 4.78 is 5.33. The van der Waals surface area contributed by atoms with E-state index in [1.165, 1.54) is 5.56 Å². The van der Waals surface area contributed by atoms with Crippen molar-refractivity contribution in [2.24, 2.45) is 0 Å². The van der Waals surface area contributed by atoms with E-state index in [2.05, 4.69) is 27.2 Å². The lowest BCUT2D eigenvalue weighted by atomic mass is 10.1. The predicted octanol–water partition coefficient (Wildman–Crippen LogP) is 0.491. The van der Waals surface area contributed by atoms with Gasteiger partial charge >= 0.3 is 0 Å². The van der Waals surface area contributed by atoms with E-state index in [0.29, 0.717) is 25.5 Å². The summed E-state index contributed by atoms with van der Waals surface area (Å²) in [4.78, 5) is 19.7. The van der Waals surface area contributed by atoms with Gasteiger partial charge in [-0.25, -0.2) is 0 Å². The monoisotopic (exact) mass is 330 g/mol. The molecule has 2 aromatic rings. The lowest BCUT2D eigenvalue weighted by molar-refractivity contribution is -0.136. The van der Waals surface area contributed by atoms with Crippen LogP contribution in [0.3, 0.4) is 0 Å². The molecule has 0 aliphatic carbocycles. The van der Waals surface area contributed by atoms with Crippen LogP contribution in [0.25, 0.3) is 0 Å². The minimum atomic E-state index is -0.422. The number of nitrogens with zero attached hydrogens (tertiary/aromatic N) is 4. The minimum Gasteiger partial charge on any atom is -0.387 e. The van der Waals surface area contributed by atoms with Gasteiger partial charge < -0.3 is 14.5 Å². The van der Waals surface area contributed by atoms with Crippen LogP contribution in [0, 0.1) is 0 Å². The number of aliphatic hydroxyl groups excluding tert-OH is 1. The van der Waals surface area contributed by atoms with E-state index in [0.717, 1.165) is 31.8 Å². The van der Waals surface area contributed by atoms with Gasteiger partial charge in [0.05, 0.1) is 6.54 Å². The first-order chi connectivity index (χ1) is 11.7. The number of carbonyl (C=O) groups is 1. The van der Waals surface area contributed by atoms with Gasteiger partial charge in [0.25, 0.3) is 0 Å². The Balaban J connectivity index is 1.45. The fourth-order valence-electron chi connectivity index (χ4n) is 2.80. The number of rotatable bonds is 6. The van der Waals surface area contributed by atoms with Crippen LogP contribution in [-0.4, -0.2) is 63.7 Å². The van der Waals surface area contributed by atoms with Gasteiger partial charge in [-0.2, -0.15) is 4.98 Å². The molecule has 24 heavy (non-hydrogen) atoms. The number of hydrogen-bond donors (Lipinski definition) is 1. The van der Waals surface area contributed by atoms with Gasteiger partial charge in [-0.3, -0.25) is 9.69 Å². The Bertz CT molecular complexity index is 651. The Kier molecular flexibility index (Phi) is 5.55. The third-order valence-corrected chi connectivity index (χ3v) is 4.21. The van der Waals surface area contributed by atoms with Gasteiger partial charge in [-0.1, -0.05) is 35.5 Å². The Morgan fingerprint density at radius 1 is 1.12 bits per heavy atom. The number of piperazine rings is 1. The molecular formula is C17H22N4O3. The second-order valence-electron chi connectivity index (χ2n) is 5.90. The van der Waals surface area contributed by atoms with Gasteiger partial charge in [-0.15, -0.1) is 0 Å². The maximum absolute atomic E-state index is 11.4. The maximum Gasteiger partial charge on any atom is 0.248 e. The van der Waals surface area contributed by atoms with Gasteiger partial charge in [-0.05, 0) is 12.0 Å². The van der Waals surface area contributed by atoms with Crippen molar-refractivity contribution < 1.29 is 14.4 Å². The minimum absolute atomic E-state index is 0.212. The molecule has 128 valence electrons. The average molecular weight is 330 g/mol. The van der Waals surface area contributed by atoms with Crippen molar-refractivity contribution in [2.75, 3.05) is 32.8 Å². The van der Waals surface area contributed by atoms with E-state index in [-0.39, 0.29) is 5.91 Å². The first-order valence-electron chi connectivity index (χ1n) is 8.21. The molecule has 7 heteroatoms. The van der Waals surface area contributed by atoms with Crippen molar-refractivity contribution in [1.82, 2.24) is 19.9 Å². The van der Waals surface area contributed by atoms with Crippen LogP contribution in [0.1, 0.15) is 17.3 Å². The molecule has 0 saturated carbocycles. The normalized spacial score (nSPS) is 15.6. The average Bonchev–Trinajstić information content (AvgIpc) is 3.08. The van der Waals surface area contributed by atoms with E-state index in [9.17, 15) is 4.79 Å². The fraction of sp³-hybridized carbons (Fsp3) is 0.471. The molecule has 0 spiro atoms. The molecule has 3 rings (SSSR count). The zero-order chi connectivity index (χ0) is 16.8. The summed E-state index contributed by atoms with van der Waals surface area (Å²) in [5.41, 5.74) is 1.26. The largest absolute Gasteiger partial charge is 0.387 e. The molecule has 1 fully saturated rings. The molecule has 7 nitrogen and oxygen atoms in total. The van der Waals surface area contributed by atoms with Crippen molar-refractivity contribution in [1.29, 1.82) is 0 Å². The van der Waals surface area contributed by atoms with Gasteiger partial charge in [0.1, 0.15) is 6.61 Å². The summed E-state index contributed by atoms with van der Waals surface area (Å²) in [6.07, 6.45) is 1.65. The fourth-order valence-corrected chi connectivity index (χ4v) is 2.80. The Morgan fingerprint density at radius 2 is 1.88 bits per heavy atom. The van der Waals surface area contributed by atoms with Crippen LogP contribution < -0.4 is 0 Å². The van der Waals surface area contributed by atoms with E-state index in [4.69, 9.17) is 9.63 Å². The molecule has 0 radical (unpaired) electrons. The molecule has 0 atom stereocenters. The smallest absolute Gasteiger partial charge is 0.248 e. The highest BCUT2D eigenvalue weighted by molar-refractivity contribution is 5.77. The highest BCUT2D eigenvalue weighted by Gasteiger charge is 2.21. The lowest BCUT2D eigenvalue weighted by Crippen LogP contribution is -2.49. The van der Waals surface area contributed by atoms with Crippen LogP contribution in [-0.2, 0) is 24.2 Å². The topological polar surface area (TPSA) is 82.7 Å². The number of amides is 1. The standard InChI is InChI=1S/C17H22N4O3/c22-13-17(23)21-10-8-20(9-11-21)12-16-18-15(19-24-16)7-6-14-4-2-1-3-5-14/h1-5,22H,6-13H2. The van der Waals surface area contributed by atoms with Gasteiger partial charge in [0.2, 0.25) is 11.8 Å². The van der Waals surface area contributed by atoms with Crippen LogP contribution >= 0.6 is 0 Å². The van der Waals surface area contributed by atoms with Crippen LogP contribution in [0.15, 0.2) is 34.9 Å². The molecule has 1 aliphatic heterocycles. The number of hydrogen-bond acceptors (Lipinski definition) is 6. The Hall–Kier alpha value is -2.25. The number of aromatic nitrogens is 2. The number of carbonyl (C=O) groups excluding carboxylic acids is 1. The molecule has 2 heterocycles. The molecule has 1 aliphatic rings. The molecule has 1 amide bonds. The summed E-state index contributed by atoms with van der Waals surface area (Å²) in [5.74, 6) is 1.12. The summed E-state index contributed by atoms with van der Waals surface area (Å²) in [7, 11) is 0. The first-order valence-corrected chi connectivity index (χ1v) is 8.21. The summed E-state index contributed by atoms with van der Waals surface area (Å²) in [6, 6.07) is 10.2. The maximum atomic E-state index is 11.4. The lowest BCUT2D eigenvalue weighted by Gasteiger charge is -2.33. The second kappa shape index (κ2) is 8.03. The number of aliphatic hydroxyl groups is 1. The van der Waals surface area contributed by atoms with Gasteiger partial charge in [0.15, 0.2) is 5.82 Å². The summed E-state index contributed by atoms with van der Waals surface area (Å²) in [5, 5.41) is 12.9. The highest BCUT2D eigenvalue weighted by Crippen LogP contribution is 2.09. The molecular weight excluding hydrogens is 308 g/mol. The highest BCUT2D eigenvalue weighted by atomic mass is 16.5. The van der Waals surface area contributed by atoms with Crippen molar-refractivity contribution >= 4 is 5.91 Å². The molecule has 0 bridgehead atoms. The van der Waals surface area contributed by atoms with E-state index < -0.39 is 6.61 Å². The molecule has 1 N–H and O–H groups in total. The van der Waals surface area contributed by atoms with Gasteiger partial charge in [0, 0.05) is 32.6 Å². The summed E-state index contributed by atoms with van der Waals surface area (Å²) in [6.45, 7) is 2.90. The third-order valence-electron chi connectivity index (χ3n) is 4.21. The van der Waals surface area contributed by atoms with Crippen molar-refractivity contribution in [3.8, 4) is 0 Å². The van der Waals surface area contributed by atoms with Crippen LogP contribution in [0.2, 0.25) is 0 Å². The molecule has 1 aromatic carbocycles. The van der Waals surface area contributed by atoms with Crippen LogP contribution in [0.5, 0.6) is 0 Å².